The quantitative estimate of drug-likeness (QED) is 0.795. The standard InChI is InChI=1S/C16H16N4O2/c1-19-12-7-6-11(9-13(12)20(2)16(19)22)10-15(21)18-14-5-3-4-8-17-14/h3-9H,10H2,1-2H3,(H,17,18,21). The molecule has 22 heavy (non-hydrogen) atoms. The number of nitrogens with one attached hydrogen (secondary N) is 1. The number of benzene rings is 1. The molecule has 0 saturated heterocycles. The van der Waals surface area contributed by atoms with Gasteiger partial charge in [-0.1, -0.05) is 12.1 Å². The van der Waals surface area contributed by atoms with Crippen LogP contribution >= 0.6 is 0 Å². The number of carbonyl (C=O) groups is 1. The monoisotopic (exact) mass is 296 g/mol. The summed E-state index contributed by atoms with van der Waals surface area (Å²) < 4.78 is 3.17. The van der Waals surface area contributed by atoms with E-state index < -0.39 is 0 Å². The topological polar surface area (TPSA) is 68.9 Å². The first kappa shape index (κ1) is 14.1. The summed E-state index contributed by atoms with van der Waals surface area (Å²) in [6.07, 6.45) is 1.86. The Morgan fingerprint density at radius 2 is 1.91 bits per heavy atom. The first-order valence-electron chi connectivity index (χ1n) is 6.91. The minimum Gasteiger partial charge on any atom is -0.310 e. The maximum absolute atomic E-state index is 12.1. The van der Waals surface area contributed by atoms with E-state index in [1.807, 2.05) is 24.3 Å². The molecule has 1 amide bonds. The van der Waals surface area contributed by atoms with Crippen LogP contribution in [-0.4, -0.2) is 20.0 Å². The SMILES string of the molecule is Cn1c(=O)n(C)c2cc(CC(=O)Nc3ccccn3)ccc21. The first-order valence-corrected chi connectivity index (χ1v) is 6.91. The first-order chi connectivity index (χ1) is 10.6. The van der Waals surface area contributed by atoms with Crippen LogP contribution in [-0.2, 0) is 25.3 Å². The highest BCUT2D eigenvalue weighted by Gasteiger charge is 2.10. The third-order valence-corrected chi connectivity index (χ3v) is 3.63. The average Bonchev–Trinajstić information content (AvgIpc) is 2.73. The van der Waals surface area contributed by atoms with Crippen LogP contribution in [0, 0.1) is 0 Å². The Morgan fingerprint density at radius 3 is 2.64 bits per heavy atom. The minimum atomic E-state index is -0.140. The van der Waals surface area contributed by atoms with Gasteiger partial charge in [0.1, 0.15) is 5.82 Å². The van der Waals surface area contributed by atoms with Crippen molar-refractivity contribution in [3.05, 3.63) is 58.6 Å². The lowest BCUT2D eigenvalue weighted by molar-refractivity contribution is -0.115. The molecule has 2 heterocycles. The maximum atomic E-state index is 12.1. The van der Waals surface area contributed by atoms with Gasteiger partial charge < -0.3 is 5.32 Å². The highest BCUT2D eigenvalue weighted by molar-refractivity contribution is 5.92. The molecule has 6 nitrogen and oxygen atoms in total. The zero-order valence-corrected chi connectivity index (χ0v) is 12.4. The number of nitrogens with zero attached hydrogens (tertiary/aromatic N) is 3. The Kier molecular flexibility index (Phi) is 3.50. The zero-order valence-electron chi connectivity index (χ0n) is 12.4. The van der Waals surface area contributed by atoms with Crippen molar-refractivity contribution >= 4 is 22.8 Å². The summed E-state index contributed by atoms with van der Waals surface area (Å²) in [4.78, 5) is 28.0. The number of anilines is 1. The van der Waals surface area contributed by atoms with Gasteiger partial charge in [-0.15, -0.1) is 0 Å². The van der Waals surface area contributed by atoms with Crippen LogP contribution in [0.4, 0.5) is 5.82 Å². The van der Waals surface area contributed by atoms with Crippen LogP contribution in [0.2, 0.25) is 0 Å². The second kappa shape index (κ2) is 5.48. The number of carbonyl (C=O) groups excluding carboxylic acids is 1. The van der Waals surface area contributed by atoms with Crippen molar-refractivity contribution in [3.63, 3.8) is 0 Å². The number of imidazole rings is 1. The molecule has 2 aromatic heterocycles. The molecule has 0 bridgehead atoms. The maximum Gasteiger partial charge on any atom is 0.328 e. The van der Waals surface area contributed by atoms with E-state index in [-0.39, 0.29) is 18.0 Å². The van der Waals surface area contributed by atoms with E-state index in [0.29, 0.717) is 5.82 Å². The third kappa shape index (κ3) is 2.50. The molecule has 0 fully saturated rings. The molecule has 0 aliphatic carbocycles. The molecule has 0 aliphatic rings. The van der Waals surface area contributed by atoms with Crippen molar-refractivity contribution < 1.29 is 4.79 Å². The Balaban J connectivity index is 1.84. The highest BCUT2D eigenvalue weighted by atomic mass is 16.2. The normalized spacial score (nSPS) is 10.8. The van der Waals surface area contributed by atoms with Crippen molar-refractivity contribution in [2.24, 2.45) is 14.1 Å². The molecule has 0 saturated carbocycles. The number of hydrogen-bond donors (Lipinski definition) is 1. The Labute approximate surface area is 127 Å². The molecule has 1 N–H and O–H groups in total. The summed E-state index contributed by atoms with van der Waals surface area (Å²) in [5.41, 5.74) is 2.43. The van der Waals surface area contributed by atoms with Gasteiger partial charge in [0.25, 0.3) is 0 Å². The van der Waals surface area contributed by atoms with E-state index in [0.717, 1.165) is 16.6 Å². The van der Waals surface area contributed by atoms with Gasteiger partial charge in [0.2, 0.25) is 5.91 Å². The molecule has 6 heteroatoms. The second-order valence-electron chi connectivity index (χ2n) is 5.16. The smallest absolute Gasteiger partial charge is 0.310 e. The highest BCUT2D eigenvalue weighted by Crippen LogP contribution is 2.15. The molecule has 3 rings (SSSR count). The molecule has 0 atom stereocenters. The molecule has 112 valence electrons. The predicted octanol–water partition coefficient (Wildman–Crippen LogP) is 1.45. The van der Waals surface area contributed by atoms with Gasteiger partial charge in [-0.2, -0.15) is 0 Å². The van der Waals surface area contributed by atoms with Gasteiger partial charge in [-0.3, -0.25) is 13.9 Å². The molecule has 3 aromatic rings. The van der Waals surface area contributed by atoms with Crippen LogP contribution in [0.3, 0.4) is 0 Å². The minimum absolute atomic E-state index is 0.0786. The van der Waals surface area contributed by atoms with E-state index in [2.05, 4.69) is 10.3 Å². The van der Waals surface area contributed by atoms with Gasteiger partial charge in [0, 0.05) is 20.3 Å². The number of aryl methyl sites for hydroxylation is 2. The summed E-state index contributed by atoms with van der Waals surface area (Å²) in [6.45, 7) is 0. The van der Waals surface area contributed by atoms with E-state index in [9.17, 15) is 9.59 Å². The number of amides is 1. The zero-order chi connectivity index (χ0) is 15.7. The summed E-state index contributed by atoms with van der Waals surface area (Å²) in [5, 5.41) is 2.75. The lowest BCUT2D eigenvalue weighted by Gasteiger charge is -2.05. The lowest BCUT2D eigenvalue weighted by atomic mass is 10.1. The number of aromatic nitrogens is 3. The summed E-state index contributed by atoms with van der Waals surface area (Å²) >= 11 is 0. The van der Waals surface area contributed by atoms with E-state index in [4.69, 9.17) is 0 Å². The van der Waals surface area contributed by atoms with Crippen molar-refractivity contribution in [1.29, 1.82) is 0 Å². The third-order valence-electron chi connectivity index (χ3n) is 3.63. The van der Waals surface area contributed by atoms with E-state index in [1.54, 1.807) is 41.6 Å². The van der Waals surface area contributed by atoms with Gasteiger partial charge in [-0.05, 0) is 29.8 Å². The van der Waals surface area contributed by atoms with Gasteiger partial charge in [-0.25, -0.2) is 9.78 Å². The number of rotatable bonds is 3. The predicted molar refractivity (Wildman–Crippen MR) is 84.7 cm³/mol. The Bertz CT molecular complexity index is 894. The summed E-state index contributed by atoms with van der Waals surface area (Å²) in [5.74, 6) is 0.389. The number of fused-ring (bicyclic) bond motifs is 1. The molecule has 0 spiro atoms. The van der Waals surface area contributed by atoms with Crippen LogP contribution < -0.4 is 11.0 Å². The molecule has 0 unspecified atom stereocenters. The molecular formula is C16H16N4O2. The Morgan fingerprint density at radius 1 is 1.14 bits per heavy atom. The van der Waals surface area contributed by atoms with Crippen molar-refractivity contribution in [2.45, 2.75) is 6.42 Å². The second-order valence-corrected chi connectivity index (χ2v) is 5.16. The number of pyridine rings is 1. The summed E-state index contributed by atoms with van der Waals surface area (Å²) in [7, 11) is 3.46. The van der Waals surface area contributed by atoms with Crippen molar-refractivity contribution in [1.82, 2.24) is 14.1 Å². The van der Waals surface area contributed by atoms with E-state index in [1.165, 1.54) is 0 Å². The number of hydrogen-bond acceptors (Lipinski definition) is 3. The van der Waals surface area contributed by atoms with Crippen molar-refractivity contribution in [3.8, 4) is 0 Å². The van der Waals surface area contributed by atoms with E-state index >= 15 is 0 Å². The van der Waals surface area contributed by atoms with Gasteiger partial charge in [0.15, 0.2) is 0 Å². The fourth-order valence-corrected chi connectivity index (χ4v) is 2.47. The largest absolute Gasteiger partial charge is 0.328 e. The average molecular weight is 296 g/mol. The fraction of sp³-hybridized carbons (Fsp3) is 0.188. The van der Waals surface area contributed by atoms with Crippen LogP contribution in [0.15, 0.2) is 47.4 Å². The molecule has 0 radical (unpaired) electrons. The molecule has 1 aromatic carbocycles. The lowest BCUT2D eigenvalue weighted by Crippen LogP contribution is -2.19. The molecular weight excluding hydrogens is 280 g/mol. The van der Waals surface area contributed by atoms with Gasteiger partial charge >= 0.3 is 5.69 Å². The fourth-order valence-electron chi connectivity index (χ4n) is 2.47. The van der Waals surface area contributed by atoms with Gasteiger partial charge in [0.05, 0.1) is 17.5 Å². The Hall–Kier alpha value is -2.89. The summed E-state index contributed by atoms with van der Waals surface area (Å²) in [6, 6.07) is 10.9. The molecule has 0 aliphatic heterocycles. The van der Waals surface area contributed by atoms with Crippen molar-refractivity contribution in [2.75, 3.05) is 5.32 Å². The van der Waals surface area contributed by atoms with Crippen LogP contribution in [0.25, 0.3) is 11.0 Å². The van der Waals surface area contributed by atoms with Crippen LogP contribution in [0.1, 0.15) is 5.56 Å². The van der Waals surface area contributed by atoms with Crippen LogP contribution in [0.5, 0.6) is 0 Å².